The summed E-state index contributed by atoms with van der Waals surface area (Å²) in [5.41, 5.74) is 0.540. The minimum atomic E-state index is -0.167. The van der Waals surface area contributed by atoms with E-state index >= 15 is 0 Å². The van der Waals surface area contributed by atoms with Gasteiger partial charge in [0.1, 0.15) is 0 Å². The Morgan fingerprint density at radius 3 is 3.00 bits per heavy atom. The summed E-state index contributed by atoms with van der Waals surface area (Å²) in [5, 5.41) is 7.17. The van der Waals surface area contributed by atoms with Crippen LogP contribution in [0.4, 0.5) is 10.5 Å². The van der Waals surface area contributed by atoms with Crippen LogP contribution in [0.3, 0.4) is 0 Å². The average molecular weight is 316 g/mol. The smallest absolute Gasteiger partial charge is 0.321 e. The molecule has 0 bridgehead atoms. The number of nitrogens with one attached hydrogen (secondary N) is 2. The predicted molar refractivity (Wildman–Crippen MR) is 83.7 cm³/mol. The summed E-state index contributed by atoms with van der Waals surface area (Å²) in [4.78, 5) is 13.8. The normalized spacial score (nSPS) is 18.6. The van der Waals surface area contributed by atoms with Gasteiger partial charge in [0.15, 0.2) is 0 Å². The van der Waals surface area contributed by atoms with E-state index in [2.05, 4.69) is 10.6 Å². The van der Waals surface area contributed by atoms with Crippen LogP contribution in [0.1, 0.15) is 12.8 Å². The molecule has 0 saturated carbocycles. The maximum Gasteiger partial charge on any atom is 0.321 e. The van der Waals surface area contributed by atoms with Crippen LogP contribution in [0.25, 0.3) is 0 Å². The van der Waals surface area contributed by atoms with Crippen molar-refractivity contribution >= 4 is 34.9 Å². The van der Waals surface area contributed by atoms with Crippen LogP contribution in [0.15, 0.2) is 18.2 Å². The third kappa shape index (κ3) is 4.27. The molecule has 1 saturated heterocycles. The predicted octanol–water partition coefficient (Wildman–Crippen LogP) is 3.46. The monoisotopic (exact) mass is 315 g/mol. The Hall–Kier alpha value is -0.970. The lowest BCUT2D eigenvalue weighted by molar-refractivity contribution is 0.207. The van der Waals surface area contributed by atoms with Crippen molar-refractivity contribution in [2.24, 2.45) is 5.92 Å². The fraction of sp³-hybridized carbons (Fsp3) is 0.500. The molecular formula is C14H19Cl2N3O. The Morgan fingerprint density at radius 1 is 1.50 bits per heavy atom. The topological polar surface area (TPSA) is 44.4 Å². The Morgan fingerprint density at radius 2 is 2.30 bits per heavy atom. The number of benzene rings is 1. The first-order chi connectivity index (χ1) is 9.56. The molecule has 1 aromatic rings. The SMILES string of the molecule is CN(CC1CCCNC1)C(=O)Nc1cc(Cl)ccc1Cl. The highest BCUT2D eigenvalue weighted by atomic mass is 35.5. The molecule has 1 aliphatic rings. The van der Waals surface area contributed by atoms with Gasteiger partial charge in [-0.15, -0.1) is 0 Å². The minimum Gasteiger partial charge on any atom is -0.327 e. The van der Waals surface area contributed by atoms with Crippen molar-refractivity contribution in [3.05, 3.63) is 28.2 Å². The van der Waals surface area contributed by atoms with Crippen molar-refractivity contribution in [3.8, 4) is 0 Å². The summed E-state index contributed by atoms with van der Waals surface area (Å²) < 4.78 is 0. The van der Waals surface area contributed by atoms with E-state index in [1.165, 1.54) is 6.42 Å². The second kappa shape index (κ2) is 7.16. The number of anilines is 1. The summed E-state index contributed by atoms with van der Waals surface area (Å²) in [5.74, 6) is 0.509. The number of carbonyl (C=O) groups excluding carboxylic acids is 1. The van der Waals surface area contributed by atoms with E-state index in [1.807, 2.05) is 0 Å². The lowest BCUT2D eigenvalue weighted by Crippen LogP contribution is -2.40. The molecule has 2 N–H and O–H groups in total. The zero-order valence-electron chi connectivity index (χ0n) is 11.5. The summed E-state index contributed by atoms with van der Waals surface area (Å²) in [6.45, 7) is 2.77. The molecule has 20 heavy (non-hydrogen) atoms. The van der Waals surface area contributed by atoms with Gasteiger partial charge in [-0.05, 0) is 50.0 Å². The second-order valence-electron chi connectivity index (χ2n) is 5.15. The van der Waals surface area contributed by atoms with Crippen LogP contribution in [0.2, 0.25) is 10.0 Å². The molecule has 0 spiro atoms. The summed E-state index contributed by atoms with van der Waals surface area (Å²) >= 11 is 11.9. The number of piperidine rings is 1. The third-order valence-corrected chi connectivity index (χ3v) is 4.01. The molecule has 1 aromatic carbocycles. The molecule has 6 heteroatoms. The van der Waals surface area contributed by atoms with Gasteiger partial charge in [-0.25, -0.2) is 4.79 Å². The quantitative estimate of drug-likeness (QED) is 0.897. The molecular weight excluding hydrogens is 297 g/mol. The Bertz CT molecular complexity index is 475. The van der Waals surface area contributed by atoms with Crippen molar-refractivity contribution in [2.75, 3.05) is 32.0 Å². The summed E-state index contributed by atoms with van der Waals surface area (Å²) in [6, 6.07) is 4.85. The van der Waals surface area contributed by atoms with Gasteiger partial charge in [-0.3, -0.25) is 0 Å². The molecule has 2 amide bonds. The number of hydrogen-bond acceptors (Lipinski definition) is 2. The molecule has 0 radical (unpaired) electrons. The molecule has 1 unspecified atom stereocenters. The van der Waals surface area contributed by atoms with Gasteiger partial charge >= 0.3 is 6.03 Å². The van der Waals surface area contributed by atoms with Gasteiger partial charge in [0.05, 0.1) is 10.7 Å². The van der Waals surface area contributed by atoms with Crippen LogP contribution in [-0.2, 0) is 0 Å². The lowest BCUT2D eigenvalue weighted by Gasteiger charge is -2.27. The molecule has 1 aliphatic heterocycles. The van der Waals surface area contributed by atoms with Gasteiger partial charge in [0.2, 0.25) is 0 Å². The first kappa shape index (κ1) is 15.4. The van der Waals surface area contributed by atoms with Crippen LogP contribution in [0, 0.1) is 5.92 Å². The fourth-order valence-electron chi connectivity index (χ4n) is 2.35. The van der Waals surface area contributed by atoms with Crippen molar-refractivity contribution in [2.45, 2.75) is 12.8 Å². The van der Waals surface area contributed by atoms with Crippen LogP contribution < -0.4 is 10.6 Å². The van der Waals surface area contributed by atoms with Crippen molar-refractivity contribution in [1.82, 2.24) is 10.2 Å². The van der Waals surface area contributed by atoms with Crippen LogP contribution in [-0.4, -0.2) is 37.6 Å². The molecule has 1 fully saturated rings. The molecule has 4 nitrogen and oxygen atoms in total. The number of rotatable bonds is 3. The number of halogens is 2. The Kier molecular flexibility index (Phi) is 5.52. The van der Waals surface area contributed by atoms with E-state index in [0.717, 1.165) is 26.1 Å². The Balaban J connectivity index is 1.91. The van der Waals surface area contributed by atoms with Gasteiger partial charge in [-0.1, -0.05) is 23.2 Å². The maximum absolute atomic E-state index is 12.1. The average Bonchev–Trinajstić information content (AvgIpc) is 2.44. The fourth-order valence-corrected chi connectivity index (χ4v) is 2.69. The van der Waals surface area contributed by atoms with Crippen LogP contribution >= 0.6 is 23.2 Å². The number of nitrogens with zero attached hydrogens (tertiary/aromatic N) is 1. The Labute approximate surface area is 129 Å². The summed E-state index contributed by atoms with van der Waals surface area (Å²) in [6.07, 6.45) is 2.32. The molecule has 2 rings (SSSR count). The first-order valence-electron chi connectivity index (χ1n) is 6.74. The summed E-state index contributed by atoms with van der Waals surface area (Å²) in [7, 11) is 1.79. The zero-order chi connectivity index (χ0) is 14.5. The van der Waals surface area contributed by atoms with E-state index in [0.29, 0.717) is 21.7 Å². The van der Waals surface area contributed by atoms with E-state index in [1.54, 1.807) is 30.1 Å². The van der Waals surface area contributed by atoms with Crippen molar-refractivity contribution in [1.29, 1.82) is 0 Å². The van der Waals surface area contributed by atoms with Gasteiger partial charge < -0.3 is 15.5 Å². The van der Waals surface area contributed by atoms with Crippen LogP contribution in [0.5, 0.6) is 0 Å². The highest BCUT2D eigenvalue weighted by Crippen LogP contribution is 2.25. The van der Waals surface area contributed by atoms with E-state index in [-0.39, 0.29) is 6.03 Å². The zero-order valence-corrected chi connectivity index (χ0v) is 13.0. The maximum atomic E-state index is 12.1. The molecule has 0 aromatic heterocycles. The van der Waals surface area contributed by atoms with E-state index in [9.17, 15) is 4.79 Å². The molecule has 1 atom stereocenters. The highest BCUT2D eigenvalue weighted by molar-refractivity contribution is 6.35. The number of urea groups is 1. The largest absolute Gasteiger partial charge is 0.327 e. The van der Waals surface area contributed by atoms with Gasteiger partial charge in [0, 0.05) is 18.6 Å². The van der Waals surface area contributed by atoms with Crippen molar-refractivity contribution < 1.29 is 4.79 Å². The number of carbonyl (C=O) groups is 1. The lowest BCUT2D eigenvalue weighted by atomic mass is 9.99. The first-order valence-corrected chi connectivity index (χ1v) is 7.49. The van der Waals surface area contributed by atoms with Gasteiger partial charge in [-0.2, -0.15) is 0 Å². The van der Waals surface area contributed by atoms with E-state index in [4.69, 9.17) is 23.2 Å². The molecule has 110 valence electrons. The third-order valence-electron chi connectivity index (χ3n) is 3.45. The standard InChI is InChI=1S/C14H19Cl2N3O/c1-19(9-10-3-2-6-17-8-10)14(20)18-13-7-11(15)4-5-12(13)16/h4-5,7,10,17H,2-3,6,8-9H2,1H3,(H,18,20). The molecule has 0 aliphatic carbocycles. The van der Waals surface area contributed by atoms with Crippen molar-refractivity contribution in [3.63, 3.8) is 0 Å². The van der Waals surface area contributed by atoms with Gasteiger partial charge in [0.25, 0.3) is 0 Å². The van der Waals surface area contributed by atoms with E-state index < -0.39 is 0 Å². The number of hydrogen-bond donors (Lipinski definition) is 2. The molecule has 1 heterocycles. The second-order valence-corrected chi connectivity index (χ2v) is 5.99. The minimum absolute atomic E-state index is 0.167. The number of amides is 2. The highest BCUT2D eigenvalue weighted by Gasteiger charge is 2.18.